The molecule has 32 heavy (non-hydrogen) atoms. The second-order valence-corrected chi connectivity index (χ2v) is 6.78. The van der Waals surface area contributed by atoms with Crippen molar-refractivity contribution in [2.24, 2.45) is 0 Å². The van der Waals surface area contributed by atoms with Gasteiger partial charge < -0.3 is 14.2 Å². The first-order chi connectivity index (χ1) is 15.3. The van der Waals surface area contributed by atoms with Crippen molar-refractivity contribution in [2.75, 3.05) is 0 Å². The molecule has 0 unspecified atom stereocenters. The number of hydrogen-bond donors (Lipinski definition) is 0. The average Bonchev–Trinajstić information content (AvgIpc) is 2.81. The van der Waals surface area contributed by atoms with Gasteiger partial charge in [-0.3, -0.25) is 0 Å². The normalized spacial score (nSPS) is 10.9. The Bertz CT molecular complexity index is 1150. The number of carbonyl (C=O) groups is 2. The summed E-state index contributed by atoms with van der Waals surface area (Å²) in [6.45, 7) is 6.69. The fraction of sp³-hybridized carbons (Fsp3) is 0.120. The zero-order valence-electron chi connectivity index (χ0n) is 17.1. The number of benzene rings is 3. The Morgan fingerprint density at radius 1 is 0.781 bits per heavy atom. The molecule has 3 rings (SSSR count). The summed E-state index contributed by atoms with van der Waals surface area (Å²) < 4.78 is 44.3. The fourth-order valence-corrected chi connectivity index (χ4v) is 2.85. The summed E-state index contributed by atoms with van der Waals surface area (Å²) in [6.07, 6.45) is -1.45. The first-order valence-electron chi connectivity index (χ1n) is 9.58. The molecule has 164 valence electrons. The van der Waals surface area contributed by atoms with Crippen LogP contribution < -0.4 is 4.74 Å². The van der Waals surface area contributed by atoms with Crippen LogP contribution in [0.15, 0.2) is 86.0 Å². The molecule has 0 N–H and O–H groups in total. The van der Waals surface area contributed by atoms with Crippen LogP contribution in [0.2, 0.25) is 0 Å². The third-order valence-corrected chi connectivity index (χ3v) is 4.51. The van der Waals surface area contributed by atoms with Gasteiger partial charge in [0.15, 0.2) is 0 Å². The number of alkyl halides is 2. The standard InChI is InChI=1S/C25H20F2O5/c1-3-23(28)30-15-17-6-11-22(12-7-17)32-25(26,27)21-10-9-19-13-18(5-8-20(19)14-21)16-31-24(29)4-2/h3-14H,1-2,15-16H2. The first-order valence-corrected chi connectivity index (χ1v) is 9.58. The summed E-state index contributed by atoms with van der Waals surface area (Å²) in [5.74, 6) is -1.14. The Morgan fingerprint density at radius 2 is 1.31 bits per heavy atom. The molecule has 0 radical (unpaired) electrons. The van der Waals surface area contributed by atoms with Gasteiger partial charge in [0.25, 0.3) is 0 Å². The largest absolute Gasteiger partial charge is 0.458 e. The highest BCUT2D eigenvalue weighted by Gasteiger charge is 2.34. The van der Waals surface area contributed by atoms with Gasteiger partial charge in [0.05, 0.1) is 5.56 Å². The van der Waals surface area contributed by atoms with Crippen LogP contribution in [0.25, 0.3) is 10.8 Å². The van der Waals surface area contributed by atoms with Gasteiger partial charge in [-0.15, -0.1) is 0 Å². The van der Waals surface area contributed by atoms with Crippen LogP contribution in [0.3, 0.4) is 0 Å². The van der Waals surface area contributed by atoms with E-state index < -0.39 is 18.0 Å². The Hall–Kier alpha value is -4.00. The molecule has 0 aliphatic rings. The Balaban J connectivity index is 1.70. The molecule has 0 saturated heterocycles. The number of halogens is 2. The minimum absolute atomic E-state index is 0.000971. The summed E-state index contributed by atoms with van der Waals surface area (Å²) in [5, 5.41) is 1.30. The maximum Gasteiger partial charge on any atom is 0.426 e. The number of carbonyl (C=O) groups excluding carboxylic acids is 2. The van der Waals surface area contributed by atoms with E-state index in [9.17, 15) is 18.4 Å². The molecule has 0 spiro atoms. The molecule has 0 aromatic heterocycles. The van der Waals surface area contributed by atoms with Crippen LogP contribution >= 0.6 is 0 Å². The molecule has 0 aliphatic carbocycles. The molecule has 3 aromatic carbocycles. The van der Waals surface area contributed by atoms with Crippen molar-refractivity contribution in [3.63, 3.8) is 0 Å². The minimum Gasteiger partial charge on any atom is -0.458 e. The van der Waals surface area contributed by atoms with Crippen LogP contribution in [-0.2, 0) is 38.4 Å². The van der Waals surface area contributed by atoms with Crippen molar-refractivity contribution >= 4 is 22.7 Å². The highest BCUT2D eigenvalue weighted by Crippen LogP contribution is 2.33. The quantitative estimate of drug-likeness (QED) is 0.330. The van der Waals surface area contributed by atoms with Crippen molar-refractivity contribution in [1.82, 2.24) is 0 Å². The molecule has 0 fully saturated rings. The van der Waals surface area contributed by atoms with Crippen LogP contribution in [0, 0.1) is 0 Å². The molecular formula is C25H20F2O5. The molecule has 7 heteroatoms. The number of hydrogen-bond acceptors (Lipinski definition) is 5. The zero-order chi connectivity index (χ0) is 23.1. The Kier molecular flexibility index (Phi) is 7.00. The highest BCUT2D eigenvalue weighted by atomic mass is 19.3. The van der Waals surface area contributed by atoms with E-state index in [-0.39, 0.29) is 24.5 Å². The van der Waals surface area contributed by atoms with Crippen molar-refractivity contribution in [3.8, 4) is 5.75 Å². The molecule has 0 atom stereocenters. The van der Waals surface area contributed by atoms with E-state index in [0.29, 0.717) is 10.9 Å². The van der Waals surface area contributed by atoms with E-state index in [2.05, 4.69) is 13.2 Å². The maximum atomic E-state index is 14.7. The van der Waals surface area contributed by atoms with Gasteiger partial charge in [0.2, 0.25) is 0 Å². The monoisotopic (exact) mass is 438 g/mol. The van der Waals surface area contributed by atoms with Gasteiger partial charge in [0, 0.05) is 12.2 Å². The van der Waals surface area contributed by atoms with Gasteiger partial charge in [0.1, 0.15) is 19.0 Å². The Labute approximate surface area is 183 Å². The number of rotatable bonds is 9. The topological polar surface area (TPSA) is 61.8 Å². The lowest BCUT2D eigenvalue weighted by Gasteiger charge is -2.19. The van der Waals surface area contributed by atoms with E-state index in [4.69, 9.17) is 14.2 Å². The van der Waals surface area contributed by atoms with Crippen LogP contribution in [-0.4, -0.2) is 11.9 Å². The molecule has 5 nitrogen and oxygen atoms in total. The van der Waals surface area contributed by atoms with E-state index >= 15 is 0 Å². The SMILES string of the molecule is C=CC(=O)OCc1ccc(OC(F)(F)c2ccc3cc(COC(=O)C=C)ccc3c2)cc1. The number of fused-ring (bicyclic) bond motifs is 1. The van der Waals surface area contributed by atoms with E-state index in [1.807, 2.05) is 0 Å². The predicted molar refractivity (Wildman–Crippen MR) is 115 cm³/mol. The molecule has 0 aliphatic heterocycles. The second-order valence-electron chi connectivity index (χ2n) is 6.78. The zero-order valence-corrected chi connectivity index (χ0v) is 17.1. The van der Waals surface area contributed by atoms with E-state index in [1.165, 1.54) is 36.4 Å². The molecule has 3 aromatic rings. The molecule has 0 heterocycles. The van der Waals surface area contributed by atoms with Gasteiger partial charge in [-0.25, -0.2) is 9.59 Å². The van der Waals surface area contributed by atoms with Gasteiger partial charge in [-0.05, 0) is 52.2 Å². The average molecular weight is 438 g/mol. The molecular weight excluding hydrogens is 418 g/mol. The van der Waals surface area contributed by atoms with Crippen molar-refractivity contribution in [2.45, 2.75) is 19.3 Å². The van der Waals surface area contributed by atoms with Gasteiger partial charge >= 0.3 is 18.0 Å². The number of ether oxygens (including phenoxy) is 3. The third-order valence-electron chi connectivity index (χ3n) is 4.51. The van der Waals surface area contributed by atoms with Crippen molar-refractivity contribution in [3.05, 3.63) is 103 Å². The van der Waals surface area contributed by atoms with E-state index in [1.54, 1.807) is 24.3 Å². The van der Waals surface area contributed by atoms with Gasteiger partial charge in [-0.1, -0.05) is 43.5 Å². The lowest BCUT2D eigenvalue weighted by molar-refractivity contribution is -0.185. The van der Waals surface area contributed by atoms with Crippen LogP contribution in [0.4, 0.5) is 8.78 Å². The molecule has 0 amide bonds. The van der Waals surface area contributed by atoms with Gasteiger partial charge in [-0.2, -0.15) is 8.78 Å². The lowest BCUT2D eigenvalue weighted by atomic mass is 10.0. The van der Waals surface area contributed by atoms with Crippen molar-refractivity contribution in [1.29, 1.82) is 0 Å². The summed E-state index contributed by atoms with van der Waals surface area (Å²) in [4.78, 5) is 22.3. The fourth-order valence-electron chi connectivity index (χ4n) is 2.85. The highest BCUT2D eigenvalue weighted by molar-refractivity contribution is 5.84. The molecule has 0 saturated carbocycles. The van der Waals surface area contributed by atoms with Crippen molar-refractivity contribution < 1.29 is 32.6 Å². The summed E-state index contributed by atoms with van der Waals surface area (Å²) in [7, 11) is 0. The lowest BCUT2D eigenvalue weighted by Crippen LogP contribution is -2.21. The van der Waals surface area contributed by atoms with E-state index in [0.717, 1.165) is 23.1 Å². The predicted octanol–water partition coefficient (Wildman–Crippen LogP) is 5.43. The third kappa shape index (κ3) is 5.78. The van der Waals surface area contributed by atoms with Crippen LogP contribution in [0.5, 0.6) is 5.75 Å². The number of esters is 2. The molecule has 0 bridgehead atoms. The summed E-state index contributed by atoms with van der Waals surface area (Å²) >= 11 is 0. The maximum absolute atomic E-state index is 14.7. The summed E-state index contributed by atoms with van der Waals surface area (Å²) in [6, 6.07) is 15.1. The first kappa shape index (κ1) is 22.7. The second kappa shape index (κ2) is 9.87. The summed E-state index contributed by atoms with van der Waals surface area (Å²) in [5.41, 5.74) is 1.04. The Morgan fingerprint density at radius 3 is 1.94 bits per heavy atom. The van der Waals surface area contributed by atoms with Crippen LogP contribution in [0.1, 0.15) is 16.7 Å². The smallest absolute Gasteiger partial charge is 0.426 e. The minimum atomic E-state index is -3.57.